The fraction of sp³-hybridized carbons (Fsp3) is 0.130. The summed E-state index contributed by atoms with van der Waals surface area (Å²) in [5.41, 5.74) is 0.721. The lowest BCUT2D eigenvalue weighted by atomic mass is 10.1. The Balaban J connectivity index is 1.34. The average molecular weight is 465 g/mol. The number of aromatic amines is 1. The first kappa shape index (κ1) is 21.8. The molecule has 0 aliphatic rings. The third kappa shape index (κ3) is 5.83. The van der Waals surface area contributed by atoms with Crippen LogP contribution >= 0.6 is 23.1 Å². The molecule has 0 radical (unpaired) electrons. The van der Waals surface area contributed by atoms with E-state index in [-0.39, 0.29) is 29.5 Å². The first-order chi connectivity index (χ1) is 15.6. The van der Waals surface area contributed by atoms with Gasteiger partial charge in [0.05, 0.1) is 24.4 Å². The summed E-state index contributed by atoms with van der Waals surface area (Å²) in [7, 11) is 0. The summed E-state index contributed by atoms with van der Waals surface area (Å²) in [6, 6.07) is 18.7. The zero-order chi connectivity index (χ0) is 22.3. The highest BCUT2D eigenvalue weighted by Gasteiger charge is 2.11. The predicted molar refractivity (Wildman–Crippen MR) is 128 cm³/mol. The zero-order valence-electron chi connectivity index (χ0n) is 17.0. The van der Waals surface area contributed by atoms with E-state index in [0.717, 1.165) is 33.1 Å². The predicted octanol–water partition coefficient (Wildman–Crippen LogP) is 3.57. The molecule has 0 aliphatic heterocycles. The molecule has 0 fully saturated rings. The van der Waals surface area contributed by atoms with Gasteiger partial charge >= 0.3 is 0 Å². The van der Waals surface area contributed by atoms with Crippen LogP contribution in [0.5, 0.6) is 0 Å². The Morgan fingerprint density at radius 3 is 2.72 bits per heavy atom. The van der Waals surface area contributed by atoms with Crippen molar-refractivity contribution in [3.8, 4) is 0 Å². The largest absolute Gasteiger partial charge is 0.351 e. The van der Waals surface area contributed by atoms with Crippen molar-refractivity contribution >= 4 is 51.4 Å². The number of thioether (sulfide) groups is 1. The van der Waals surface area contributed by atoms with Crippen molar-refractivity contribution in [2.24, 2.45) is 0 Å². The number of hydrogen-bond donors (Lipinski definition) is 3. The monoisotopic (exact) mass is 464 g/mol. The van der Waals surface area contributed by atoms with E-state index in [2.05, 4.69) is 20.6 Å². The Kier molecular flexibility index (Phi) is 6.98. The molecule has 2 aromatic heterocycles. The smallest absolute Gasteiger partial charge is 0.251 e. The van der Waals surface area contributed by atoms with Crippen LogP contribution in [0.2, 0.25) is 0 Å². The third-order valence-electron chi connectivity index (χ3n) is 4.56. The number of H-pyrrole nitrogens is 1. The van der Waals surface area contributed by atoms with Gasteiger partial charge in [0.15, 0.2) is 5.16 Å². The number of nitrogens with one attached hydrogen (secondary N) is 3. The molecule has 4 aromatic rings. The van der Waals surface area contributed by atoms with Crippen molar-refractivity contribution in [3.63, 3.8) is 0 Å². The number of rotatable bonds is 8. The van der Waals surface area contributed by atoms with Gasteiger partial charge in [0, 0.05) is 22.0 Å². The minimum Gasteiger partial charge on any atom is -0.351 e. The van der Waals surface area contributed by atoms with Gasteiger partial charge in [-0.05, 0) is 22.9 Å². The molecule has 162 valence electrons. The number of carbonyl (C=O) groups is 2. The van der Waals surface area contributed by atoms with Crippen LogP contribution < -0.4 is 16.2 Å². The molecule has 2 amide bonds. The van der Waals surface area contributed by atoms with Crippen LogP contribution in [0.4, 0.5) is 5.69 Å². The van der Waals surface area contributed by atoms with E-state index in [1.807, 2.05) is 60.0 Å². The Bertz CT molecular complexity index is 1300. The molecular formula is C23H20N4O3S2. The summed E-state index contributed by atoms with van der Waals surface area (Å²) >= 11 is 2.67. The lowest BCUT2D eigenvalue weighted by Gasteiger charge is -2.09. The molecule has 0 atom stereocenters. The molecule has 0 aliphatic carbocycles. The second kappa shape index (κ2) is 10.3. The van der Waals surface area contributed by atoms with Crippen LogP contribution in [-0.2, 0) is 22.6 Å². The number of aromatic nitrogens is 2. The number of anilines is 1. The minimum absolute atomic E-state index is 0.00887. The van der Waals surface area contributed by atoms with E-state index in [1.165, 1.54) is 6.07 Å². The number of hydrogen-bond acceptors (Lipinski definition) is 6. The molecule has 2 heterocycles. The normalized spacial score (nSPS) is 10.8. The first-order valence-corrected chi connectivity index (χ1v) is 11.7. The Morgan fingerprint density at radius 2 is 1.88 bits per heavy atom. The molecule has 7 nitrogen and oxygen atoms in total. The Morgan fingerprint density at radius 1 is 1.03 bits per heavy atom. The van der Waals surface area contributed by atoms with Crippen LogP contribution in [0.1, 0.15) is 10.6 Å². The quantitative estimate of drug-likeness (QED) is 0.273. The molecule has 3 N–H and O–H groups in total. The second-order valence-corrected chi connectivity index (χ2v) is 8.93. The molecule has 0 bridgehead atoms. The number of thiophene rings is 1. The van der Waals surface area contributed by atoms with Crippen molar-refractivity contribution in [2.75, 3.05) is 11.1 Å². The first-order valence-electron chi connectivity index (χ1n) is 9.86. The van der Waals surface area contributed by atoms with Crippen LogP contribution in [0.25, 0.3) is 10.8 Å². The van der Waals surface area contributed by atoms with Gasteiger partial charge in [-0.25, -0.2) is 4.98 Å². The molecule has 0 unspecified atom stereocenters. The molecule has 9 heteroatoms. The topological polar surface area (TPSA) is 104 Å². The second-order valence-electron chi connectivity index (χ2n) is 6.94. The van der Waals surface area contributed by atoms with Gasteiger partial charge < -0.3 is 15.6 Å². The van der Waals surface area contributed by atoms with Crippen molar-refractivity contribution in [1.29, 1.82) is 0 Å². The van der Waals surface area contributed by atoms with Crippen LogP contribution in [0.15, 0.2) is 76.0 Å². The number of benzene rings is 2. The third-order valence-corrected chi connectivity index (χ3v) is 6.31. The SMILES string of the molecule is O=C(Cc1cc(=O)[nH]c(SCC(=O)Nc2cccc3ccccc23)n1)NCc1cccs1. The maximum atomic E-state index is 12.5. The fourth-order valence-corrected chi connectivity index (χ4v) is 4.46. The van der Waals surface area contributed by atoms with E-state index >= 15 is 0 Å². The molecule has 4 rings (SSSR count). The van der Waals surface area contributed by atoms with Crippen LogP contribution in [0, 0.1) is 0 Å². The average Bonchev–Trinajstić information content (AvgIpc) is 3.30. The molecule has 0 saturated carbocycles. The van der Waals surface area contributed by atoms with E-state index < -0.39 is 0 Å². The maximum absolute atomic E-state index is 12.5. The molecule has 32 heavy (non-hydrogen) atoms. The summed E-state index contributed by atoms with van der Waals surface area (Å²) < 4.78 is 0. The lowest BCUT2D eigenvalue weighted by Crippen LogP contribution is -2.25. The number of amides is 2. The highest BCUT2D eigenvalue weighted by Crippen LogP contribution is 2.23. The van der Waals surface area contributed by atoms with Gasteiger partial charge in [0.2, 0.25) is 11.8 Å². The number of carbonyl (C=O) groups excluding carboxylic acids is 2. The van der Waals surface area contributed by atoms with Gasteiger partial charge in [0.25, 0.3) is 5.56 Å². The summed E-state index contributed by atoms with van der Waals surface area (Å²) in [4.78, 5) is 44.6. The van der Waals surface area contributed by atoms with Gasteiger partial charge in [0.1, 0.15) is 0 Å². The summed E-state index contributed by atoms with van der Waals surface area (Å²) in [5.74, 6) is -0.366. The number of fused-ring (bicyclic) bond motifs is 1. The van der Waals surface area contributed by atoms with Gasteiger partial charge in [-0.15, -0.1) is 11.3 Å². The van der Waals surface area contributed by atoms with Crippen molar-refractivity contribution in [3.05, 3.63) is 87.0 Å². The summed E-state index contributed by atoms with van der Waals surface area (Å²) in [6.45, 7) is 0.440. The highest BCUT2D eigenvalue weighted by atomic mass is 32.2. The fourth-order valence-electron chi connectivity index (χ4n) is 3.12. The van der Waals surface area contributed by atoms with E-state index in [0.29, 0.717) is 17.4 Å². The minimum atomic E-state index is -0.363. The molecule has 2 aromatic carbocycles. The van der Waals surface area contributed by atoms with Crippen molar-refractivity contribution in [1.82, 2.24) is 15.3 Å². The van der Waals surface area contributed by atoms with E-state index in [9.17, 15) is 14.4 Å². The highest BCUT2D eigenvalue weighted by molar-refractivity contribution is 7.99. The zero-order valence-corrected chi connectivity index (χ0v) is 18.6. The molecular weight excluding hydrogens is 444 g/mol. The molecule has 0 spiro atoms. The standard InChI is InChI=1S/C23H20N4O3S2/c28-20(24-13-17-7-4-10-31-17)11-16-12-21(29)27-23(25-16)32-14-22(30)26-19-9-3-6-15-5-1-2-8-18(15)19/h1-10,12H,11,13-14H2,(H,24,28)(H,26,30)(H,25,27,29). The number of nitrogens with zero attached hydrogens (tertiary/aromatic N) is 1. The lowest BCUT2D eigenvalue weighted by molar-refractivity contribution is -0.120. The van der Waals surface area contributed by atoms with E-state index in [4.69, 9.17) is 0 Å². The van der Waals surface area contributed by atoms with Crippen LogP contribution in [-0.4, -0.2) is 27.5 Å². The van der Waals surface area contributed by atoms with Crippen LogP contribution in [0.3, 0.4) is 0 Å². The Labute approximate surface area is 192 Å². The Hall–Kier alpha value is -3.43. The molecule has 0 saturated heterocycles. The summed E-state index contributed by atoms with van der Waals surface area (Å²) in [6.07, 6.45) is -0.00887. The maximum Gasteiger partial charge on any atom is 0.251 e. The van der Waals surface area contributed by atoms with E-state index in [1.54, 1.807) is 11.3 Å². The summed E-state index contributed by atoms with van der Waals surface area (Å²) in [5, 5.41) is 9.95. The van der Waals surface area contributed by atoms with Gasteiger partial charge in [-0.2, -0.15) is 0 Å². The van der Waals surface area contributed by atoms with Gasteiger partial charge in [-0.1, -0.05) is 54.2 Å². The van der Waals surface area contributed by atoms with Crippen molar-refractivity contribution < 1.29 is 9.59 Å². The van der Waals surface area contributed by atoms with Crippen molar-refractivity contribution in [2.45, 2.75) is 18.1 Å². The van der Waals surface area contributed by atoms with Gasteiger partial charge in [-0.3, -0.25) is 14.4 Å².